The molecule has 0 bridgehead atoms. The van der Waals surface area contributed by atoms with Gasteiger partial charge in [-0.05, 0) is 17.7 Å². The van der Waals surface area contributed by atoms with Crippen LogP contribution in [-0.4, -0.2) is 30.4 Å². The number of carbonyl (C=O) groups excluding carboxylic acids is 1. The van der Waals surface area contributed by atoms with Gasteiger partial charge in [-0.3, -0.25) is 9.63 Å². The average Bonchev–Trinajstić information content (AvgIpc) is 3.28. The van der Waals surface area contributed by atoms with E-state index in [1.54, 1.807) is 18.8 Å². The molecule has 2 aromatic rings. The van der Waals surface area contributed by atoms with E-state index in [0.717, 1.165) is 0 Å². The molecule has 0 heterocycles. The molecule has 3 nitrogen and oxygen atoms in total. The Morgan fingerprint density at radius 1 is 1.05 bits per heavy atom. The molecule has 1 amide bonds. The first kappa shape index (κ1) is 15.1. The number of hydrogen-bond donors (Lipinski definition) is 0. The van der Waals surface area contributed by atoms with E-state index in [1.807, 2.05) is 36.4 Å². The highest BCUT2D eigenvalue weighted by Crippen LogP contribution is 2.57. The van der Waals surface area contributed by atoms with Crippen LogP contribution in [0.5, 0.6) is 0 Å². The fourth-order valence-corrected chi connectivity index (χ4v) is 4.20. The number of nitrogens with zero attached hydrogens (tertiary/aromatic N) is 1. The van der Waals surface area contributed by atoms with Gasteiger partial charge in [-0.15, -0.1) is 11.8 Å². The van der Waals surface area contributed by atoms with E-state index in [9.17, 15) is 4.79 Å². The zero-order chi connectivity index (χ0) is 15.5. The fraction of sp³-hybridized carbons (Fsp3) is 0.278. The predicted octanol–water partition coefficient (Wildman–Crippen LogP) is 3.58. The minimum atomic E-state index is -0.0300. The van der Waals surface area contributed by atoms with Crippen LogP contribution >= 0.6 is 11.8 Å². The van der Waals surface area contributed by atoms with E-state index in [1.165, 1.54) is 22.6 Å². The van der Waals surface area contributed by atoms with Crippen LogP contribution in [0.3, 0.4) is 0 Å². The molecule has 1 fully saturated rings. The highest BCUT2D eigenvalue weighted by Gasteiger charge is 2.57. The van der Waals surface area contributed by atoms with Crippen molar-refractivity contribution in [3.05, 3.63) is 66.2 Å². The molecule has 2 aromatic carbocycles. The zero-order valence-corrected chi connectivity index (χ0v) is 13.5. The van der Waals surface area contributed by atoms with E-state index in [-0.39, 0.29) is 23.0 Å². The van der Waals surface area contributed by atoms with Crippen LogP contribution in [0.15, 0.2) is 65.6 Å². The summed E-state index contributed by atoms with van der Waals surface area (Å²) < 4.78 is 0. The lowest BCUT2D eigenvalue weighted by atomic mass is 10.1. The van der Waals surface area contributed by atoms with Crippen LogP contribution < -0.4 is 0 Å². The second-order valence-electron chi connectivity index (χ2n) is 5.38. The van der Waals surface area contributed by atoms with Gasteiger partial charge in [0.05, 0.1) is 13.0 Å². The fourth-order valence-electron chi connectivity index (χ4n) is 2.75. The summed E-state index contributed by atoms with van der Waals surface area (Å²) in [5, 5.41) is 1.60. The molecule has 3 atom stereocenters. The van der Waals surface area contributed by atoms with E-state index >= 15 is 0 Å². The second kappa shape index (κ2) is 6.55. The van der Waals surface area contributed by atoms with Gasteiger partial charge in [0.1, 0.15) is 0 Å². The van der Waals surface area contributed by atoms with Gasteiger partial charge >= 0.3 is 0 Å². The third-order valence-electron chi connectivity index (χ3n) is 4.02. The topological polar surface area (TPSA) is 29.5 Å². The average molecular weight is 313 g/mol. The standard InChI is InChI=1S/C18H19NO2S/c1-19(21-2)18(20)16-15(13-9-5-3-6-10-13)17(16)22-14-11-7-4-8-12-14/h3-12,15-17H,1-2H3/t15-,16-,17-/m1/s1. The van der Waals surface area contributed by atoms with Crippen molar-refractivity contribution in [1.82, 2.24) is 5.06 Å². The minimum Gasteiger partial charge on any atom is -0.275 e. The second-order valence-corrected chi connectivity index (χ2v) is 6.63. The molecule has 4 heteroatoms. The quantitative estimate of drug-likeness (QED) is 0.790. The first-order valence-corrected chi connectivity index (χ1v) is 8.18. The van der Waals surface area contributed by atoms with Crippen molar-refractivity contribution in [2.24, 2.45) is 5.92 Å². The van der Waals surface area contributed by atoms with Crippen molar-refractivity contribution in [2.75, 3.05) is 14.2 Å². The summed E-state index contributed by atoms with van der Waals surface area (Å²) in [5.74, 6) is 0.263. The number of benzene rings is 2. The maximum absolute atomic E-state index is 12.5. The van der Waals surface area contributed by atoms with Crippen LogP contribution in [0.25, 0.3) is 0 Å². The lowest BCUT2D eigenvalue weighted by Gasteiger charge is -2.13. The summed E-state index contributed by atoms with van der Waals surface area (Å²) in [7, 11) is 3.20. The summed E-state index contributed by atoms with van der Waals surface area (Å²) in [6, 6.07) is 20.5. The Kier molecular flexibility index (Phi) is 4.50. The Morgan fingerprint density at radius 3 is 2.23 bits per heavy atom. The molecular weight excluding hydrogens is 294 g/mol. The van der Waals surface area contributed by atoms with Gasteiger partial charge in [0, 0.05) is 23.1 Å². The van der Waals surface area contributed by atoms with Gasteiger partial charge in [0.2, 0.25) is 0 Å². The third-order valence-corrected chi connectivity index (χ3v) is 5.43. The Bertz CT molecular complexity index is 632. The molecule has 0 spiro atoms. The largest absolute Gasteiger partial charge is 0.275 e. The molecule has 22 heavy (non-hydrogen) atoms. The summed E-state index contributed by atoms with van der Waals surface area (Å²) >= 11 is 1.77. The molecule has 0 unspecified atom stereocenters. The molecule has 1 aliphatic rings. The number of amides is 1. The molecule has 0 aromatic heterocycles. The Morgan fingerprint density at radius 2 is 1.64 bits per heavy atom. The summed E-state index contributed by atoms with van der Waals surface area (Å²) in [4.78, 5) is 18.8. The number of hydroxylamine groups is 2. The molecule has 1 aliphatic carbocycles. The summed E-state index contributed by atoms with van der Waals surface area (Å²) in [6.45, 7) is 0. The number of hydrogen-bond acceptors (Lipinski definition) is 3. The van der Waals surface area contributed by atoms with Crippen molar-refractivity contribution in [3.8, 4) is 0 Å². The molecule has 114 valence electrons. The Balaban J connectivity index is 1.81. The van der Waals surface area contributed by atoms with Crippen molar-refractivity contribution in [2.45, 2.75) is 16.1 Å². The van der Waals surface area contributed by atoms with Crippen molar-refractivity contribution in [1.29, 1.82) is 0 Å². The molecular formula is C18H19NO2S. The van der Waals surface area contributed by atoms with Gasteiger partial charge in [0.15, 0.2) is 0 Å². The van der Waals surface area contributed by atoms with Crippen molar-refractivity contribution < 1.29 is 9.63 Å². The van der Waals surface area contributed by atoms with E-state index in [4.69, 9.17) is 4.84 Å². The van der Waals surface area contributed by atoms with E-state index in [0.29, 0.717) is 0 Å². The minimum absolute atomic E-state index is 0.0300. The predicted molar refractivity (Wildman–Crippen MR) is 88.5 cm³/mol. The van der Waals surface area contributed by atoms with Crippen LogP contribution in [-0.2, 0) is 9.63 Å². The van der Waals surface area contributed by atoms with Gasteiger partial charge in [-0.2, -0.15) is 0 Å². The molecule has 0 aliphatic heterocycles. The lowest BCUT2D eigenvalue weighted by molar-refractivity contribution is -0.170. The third kappa shape index (κ3) is 3.03. The van der Waals surface area contributed by atoms with Crippen LogP contribution in [0.1, 0.15) is 11.5 Å². The van der Waals surface area contributed by atoms with Crippen molar-refractivity contribution >= 4 is 17.7 Å². The maximum Gasteiger partial charge on any atom is 0.250 e. The van der Waals surface area contributed by atoms with Gasteiger partial charge in [-0.1, -0.05) is 48.5 Å². The monoisotopic (exact) mass is 313 g/mol. The number of carbonyl (C=O) groups is 1. The van der Waals surface area contributed by atoms with Gasteiger partial charge in [-0.25, -0.2) is 5.06 Å². The molecule has 0 radical (unpaired) electrons. The summed E-state index contributed by atoms with van der Waals surface area (Å²) in [6.07, 6.45) is 0. The first-order valence-electron chi connectivity index (χ1n) is 7.30. The smallest absolute Gasteiger partial charge is 0.250 e. The highest BCUT2D eigenvalue weighted by atomic mass is 32.2. The Hall–Kier alpha value is -1.78. The van der Waals surface area contributed by atoms with Crippen LogP contribution in [0, 0.1) is 5.92 Å². The van der Waals surface area contributed by atoms with E-state index in [2.05, 4.69) is 24.3 Å². The molecule has 3 rings (SSSR count). The Labute approximate surface area is 135 Å². The van der Waals surface area contributed by atoms with Gasteiger partial charge in [0.25, 0.3) is 5.91 Å². The molecule has 0 saturated heterocycles. The van der Waals surface area contributed by atoms with E-state index < -0.39 is 0 Å². The lowest BCUT2D eigenvalue weighted by Crippen LogP contribution is -2.28. The normalized spacial score (nSPS) is 23.1. The maximum atomic E-state index is 12.5. The molecule has 0 N–H and O–H groups in total. The van der Waals surface area contributed by atoms with Crippen molar-refractivity contribution in [3.63, 3.8) is 0 Å². The number of thioether (sulfide) groups is 1. The van der Waals surface area contributed by atoms with Crippen LogP contribution in [0.4, 0.5) is 0 Å². The zero-order valence-electron chi connectivity index (χ0n) is 12.7. The first-order chi connectivity index (χ1) is 10.7. The van der Waals surface area contributed by atoms with Gasteiger partial charge < -0.3 is 0 Å². The SMILES string of the molecule is CON(C)C(=O)[C@H]1[C@H](Sc2ccccc2)[C@@H]1c1ccccc1. The summed E-state index contributed by atoms with van der Waals surface area (Å²) in [5.41, 5.74) is 1.22. The number of rotatable bonds is 5. The molecule has 1 saturated carbocycles. The van der Waals surface area contributed by atoms with Crippen LogP contribution in [0.2, 0.25) is 0 Å². The highest BCUT2D eigenvalue weighted by molar-refractivity contribution is 8.00.